The van der Waals surface area contributed by atoms with Gasteiger partial charge in [-0.05, 0) is 44.2 Å². The van der Waals surface area contributed by atoms with Crippen LogP contribution in [0.1, 0.15) is 38.4 Å². The van der Waals surface area contributed by atoms with Crippen LogP contribution in [0.15, 0.2) is 29.1 Å². The Morgan fingerprint density at radius 2 is 2.12 bits per heavy atom. The second-order valence-corrected chi connectivity index (χ2v) is 6.82. The summed E-state index contributed by atoms with van der Waals surface area (Å²) in [6.45, 7) is 6.33. The van der Waals surface area contributed by atoms with E-state index in [1.54, 1.807) is 10.6 Å². The number of amides is 1. The number of hydrogen-bond acceptors (Lipinski definition) is 3. The van der Waals surface area contributed by atoms with Crippen LogP contribution < -0.4 is 5.56 Å². The number of aromatic nitrogens is 2. The number of likely N-dealkylation sites (tertiary alicyclic amines) is 1. The molecule has 0 bridgehead atoms. The molecule has 128 valence electrons. The second-order valence-electron chi connectivity index (χ2n) is 6.82. The number of rotatable bonds is 4. The summed E-state index contributed by atoms with van der Waals surface area (Å²) < 4.78 is 1.69. The number of benzene rings is 1. The number of nitrogens with zero attached hydrogens (tertiary/aromatic N) is 3. The Hall–Kier alpha value is -2.17. The molecule has 1 aromatic carbocycles. The molecule has 0 saturated carbocycles. The number of carbonyl (C=O) groups excluding carboxylic acids is 1. The molecule has 24 heavy (non-hydrogen) atoms. The summed E-state index contributed by atoms with van der Waals surface area (Å²) in [5, 5.41) is 0.638. The molecule has 0 aliphatic carbocycles. The van der Waals surface area contributed by atoms with Gasteiger partial charge in [0.15, 0.2) is 0 Å². The molecular weight excluding hydrogens is 302 g/mol. The quantitative estimate of drug-likeness (QED) is 0.867. The van der Waals surface area contributed by atoms with Crippen molar-refractivity contribution >= 4 is 16.8 Å². The fourth-order valence-corrected chi connectivity index (χ4v) is 3.50. The molecular formula is C19H25N3O2. The summed E-state index contributed by atoms with van der Waals surface area (Å²) in [7, 11) is 0. The fraction of sp³-hybridized carbons (Fsp3) is 0.526. The minimum Gasteiger partial charge on any atom is -0.342 e. The Kier molecular flexibility index (Phi) is 4.97. The van der Waals surface area contributed by atoms with Gasteiger partial charge in [0.25, 0.3) is 5.56 Å². The van der Waals surface area contributed by atoms with E-state index in [0.29, 0.717) is 36.5 Å². The van der Waals surface area contributed by atoms with Gasteiger partial charge >= 0.3 is 0 Å². The van der Waals surface area contributed by atoms with Crippen molar-refractivity contribution < 1.29 is 4.79 Å². The normalized spacial score (nSPS) is 18.1. The molecule has 1 saturated heterocycles. The largest absolute Gasteiger partial charge is 0.342 e. The van der Waals surface area contributed by atoms with Gasteiger partial charge < -0.3 is 4.90 Å². The van der Waals surface area contributed by atoms with Crippen LogP contribution in [0.2, 0.25) is 0 Å². The van der Waals surface area contributed by atoms with Gasteiger partial charge in [0.1, 0.15) is 5.82 Å². The molecule has 0 N–H and O–H groups in total. The van der Waals surface area contributed by atoms with E-state index in [9.17, 15) is 9.59 Å². The van der Waals surface area contributed by atoms with Crippen LogP contribution in [-0.2, 0) is 11.3 Å². The molecule has 5 heteroatoms. The van der Waals surface area contributed by atoms with Crippen LogP contribution in [0.3, 0.4) is 0 Å². The topological polar surface area (TPSA) is 55.2 Å². The lowest BCUT2D eigenvalue weighted by atomic mass is 10.00. The van der Waals surface area contributed by atoms with Crippen LogP contribution in [0.4, 0.5) is 0 Å². The Morgan fingerprint density at radius 1 is 1.33 bits per heavy atom. The summed E-state index contributed by atoms with van der Waals surface area (Å²) in [6, 6.07) is 7.40. The Morgan fingerprint density at radius 3 is 2.92 bits per heavy atom. The SMILES string of the molecule is Cc1nc2ccccc2c(=O)n1CCCC(=O)N1CCCC(C)C1. The average Bonchev–Trinajstić information content (AvgIpc) is 2.57. The molecule has 1 aliphatic rings. The zero-order valence-corrected chi connectivity index (χ0v) is 14.5. The van der Waals surface area contributed by atoms with Crippen molar-refractivity contribution in [1.29, 1.82) is 0 Å². The standard InChI is InChI=1S/C19H25N3O2/c1-14-7-5-11-21(13-14)18(23)10-6-12-22-15(2)20-17-9-4-3-8-16(17)19(22)24/h3-4,8-9,14H,5-7,10-13H2,1-2H3. The van der Waals surface area contributed by atoms with Crippen LogP contribution in [-0.4, -0.2) is 33.4 Å². The Bertz CT molecular complexity index is 797. The molecule has 5 nitrogen and oxygen atoms in total. The second kappa shape index (κ2) is 7.16. The first-order chi connectivity index (χ1) is 11.6. The monoisotopic (exact) mass is 327 g/mol. The van der Waals surface area contributed by atoms with Crippen LogP contribution >= 0.6 is 0 Å². The number of aryl methyl sites for hydroxylation is 1. The third kappa shape index (κ3) is 3.50. The van der Waals surface area contributed by atoms with E-state index < -0.39 is 0 Å². The molecule has 3 rings (SSSR count). The first-order valence-corrected chi connectivity index (χ1v) is 8.80. The molecule has 1 fully saturated rings. The van der Waals surface area contributed by atoms with E-state index in [0.717, 1.165) is 25.0 Å². The van der Waals surface area contributed by atoms with Crippen molar-refractivity contribution in [3.63, 3.8) is 0 Å². The van der Waals surface area contributed by atoms with E-state index in [1.165, 1.54) is 6.42 Å². The predicted octanol–water partition coefficient (Wildman–Crippen LogP) is 2.74. The highest BCUT2D eigenvalue weighted by atomic mass is 16.2. The smallest absolute Gasteiger partial charge is 0.261 e. The van der Waals surface area contributed by atoms with Gasteiger partial charge in [0.05, 0.1) is 10.9 Å². The lowest BCUT2D eigenvalue weighted by Gasteiger charge is -2.31. The fourth-order valence-electron chi connectivity index (χ4n) is 3.50. The minimum absolute atomic E-state index is 0.0165. The minimum atomic E-state index is -0.0165. The first kappa shape index (κ1) is 16.7. The highest BCUT2D eigenvalue weighted by Gasteiger charge is 2.20. The van der Waals surface area contributed by atoms with Crippen LogP contribution in [0.25, 0.3) is 10.9 Å². The van der Waals surface area contributed by atoms with Crippen LogP contribution in [0.5, 0.6) is 0 Å². The van der Waals surface area contributed by atoms with Crippen molar-refractivity contribution in [3.8, 4) is 0 Å². The number of hydrogen-bond donors (Lipinski definition) is 0. The van der Waals surface area contributed by atoms with E-state index in [1.807, 2.05) is 30.0 Å². The lowest BCUT2D eigenvalue weighted by Crippen LogP contribution is -2.39. The molecule has 1 aliphatic heterocycles. The third-order valence-electron chi connectivity index (χ3n) is 4.83. The number of carbonyl (C=O) groups is 1. The summed E-state index contributed by atoms with van der Waals surface area (Å²) in [5.74, 6) is 1.51. The summed E-state index contributed by atoms with van der Waals surface area (Å²) >= 11 is 0. The summed E-state index contributed by atoms with van der Waals surface area (Å²) in [6.07, 6.45) is 3.47. The molecule has 0 spiro atoms. The molecule has 1 aromatic heterocycles. The van der Waals surface area contributed by atoms with Crippen LogP contribution in [0, 0.1) is 12.8 Å². The van der Waals surface area contributed by atoms with Crippen molar-refractivity contribution in [2.45, 2.75) is 46.1 Å². The van der Waals surface area contributed by atoms with Gasteiger partial charge in [-0.15, -0.1) is 0 Å². The number of fused-ring (bicyclic) bond motifs is 1. The molecule has 2 aromatic rings. The zero-order valence-electron chi connectivity index (χ0n) is 14.5. The molecule has 1 amide bonds. The van der Waals surface area contributed by atoms with Gasteiger partial charge in [-0.25, -0.2) is 4.98 Å². The van der Waals surface area contributed by atoms with Gasteiger partial charge in [-0.2, -0.15) is 0 Å². The van der Waals surface area contributed by atoms with E-state index in [2.05, 4.69) is 11.9 Å². The maximum absolute atomic E-state index is 12.6. The van der Waals surface area contributed by atoms with E-state index >= 15 is 0 Å². The molecule has 2 heterocycles. The molecule has 1 unspecified atom stereocenters. The zero-order chi connectivity index (χ0) is 17.1. The van der Waals surface area contributed by atoms with Crippen molar-refractivity contribution in [2.24, 2.45) is 5.92 Å². The van der Waals surface area contributed by atoms with Crippen molar-refractivity contribution in [3.05, 3.63) is 40.4 Å². The number of para-hydroxylation sites is 1. The Labute approximate surface area is 142 Å². The van der Waals surface area contributed by atoms with E-state index in [-0.39, 0.29) is 11.5 Å². The molecule has 1 atom stereocenters. The maximum atomic E-state index is 12.6. The lowest BCUT2D eigenvalue weighted by molar-refractivity contribution is -0.133. The van der Waals surface area contributed by atoms with Gasteiger partial charge in [-0.1, -0.05) is 19.1 Å². The van der Waals surface area contributed by atoms with Gasteiger partial charge in [0, 0.05) is 26.1 Å². The summed E-state index contributed by atoms with van der Waals surface area (Å²) in [4.78, 5) is 31.4. The number of piperidine rings is 1. The van der Waals surface area contributed by atoms with E-state index in [4.69, 9.17) is 0 Å². The first-order valence-electron chi connectivity index (χ1n) is 8.80. The van der Waals surface area contributed by atoms with Gasteiger partial charge in [-0.3, -0.25) is 14.2 Å². The summed E-state index contributed by atoms with van der Waals surface area (Å²) in [5.41, 5.74) is 0.715. The van der Waals surface area contributed by atoms with Crippen molar-refractivity contribution in [2.75, 3.05) is 13.1 Å². The molecule has 0 radical (unpaired) electrons. The average molecular weight is 327 g/mol. The third-order valence-corrected chi connectivity index (χ3v) is 4.83. The predicted molar refractivity (Wildman–Crippen MR) is 95.0 cm³/mol. The highest BCUT2D eigenvalue weighted by Crippen LogP contribution is 2.16. The maximum Gasteiger partial charge on any atom is 0.261 e. The van der Waals surface area contributed by atoms with Gasteiger partial charge in [0.2, 0.25) is 5.91 Å². The highest BCUT2D eigenvalue weighted by molar-refractivity contribution is 5.77. The Balaban J connectivity index is 1.65. The van der Waals surface area contributed by atoms with Crippen molar-refractivity contribution in [1.82, 2.24) is 14.5 Å².